The van der Waals surface area contributed by atoms with Crippen molar-refractivity contribution in [3.05, 3.63) is 24.2 Å². The molecule has 0 aromatic carbocycles. The number of piperazine rings is 1. The van der Waals surface area contributed by atoms with E-state index in [4.69, 9.17) is 16.6 Å². The molecular weight excluding hydrogens is 402 g/mol. The van der Waals surface area contributed by atoms with E-state index in [1.54, 1.807) is 6.26 Å². The first-order chi connectivity index (χ1) is 14.6. The molecule has 3 saturated heterocycles. The van der Waals surface area contributed by atoms with Gasteiger partial charge in [-0.05, 0) is 56.5 Å². The molecule has 4 rings (SSSR count). The standard InChI is InChI=1S/C21H31N5O3S/c27-19(25-8-2-1-3-9-25)7-6-16-12-22-20(28)18-11-15(14-26(16)18)24-21(30)23-13-17-5-4-10-29-17/h4-5,10,15-16,18H,1-3,6-9,11-14H2,(H,22,28)(H2,23,24,30)/t15-,16+,18-/m0/s1. The highest BCUT2D eigenvalue weighted by atomic mass is 32.1. The number of nitrogens with zero attached hydrogens (tertiary/aromatic N) is 2. The van der Waals surface area contributed by atoms with Crippen LogP contribution in [0.2, 0.25) is 0 Å². The summed E-state index contributed by atoms with van der Waals surface area (Å²) >= 11 is 5.41. The number of furan rings is 1. The van der Waals surface area contributed by atoms with Crippen molar-refractivity contribution in [3.8, 4) is 0 Å². The van der Waals surface area contributed by atoms with E-state index in [-0.39, 0.29) is 29.9 Å². The summed E-state index contributed by atoms with van der Waals surface area (Å²) in [5.41, 5.74) is 0. The fraction of sp³-hybridized carbons (Fsp3) is 0.667. The first-order valence-corrected chi connectivity index (χ1v) is 11.4. The highest BCUT2D eigenvalue weighted by Gasteiger charge is 2.43. The molecule has 0 spiro atoms. The van der Waals surface area contributed by atoms with Gasteiger partial charge in [0, 0.05) is 44.7 Å². The van der Waals surface area contributed by atoms with Crippen molar-refractivity contribution >= 4 is 29.1 Å². The highest BCUT2D eigenvalue weighted by molar-refractivity contribution is 7.80. The van der Waals surface area contributed by atoms with Gasteiger partial charge in [-0.1, -0.05) is 0 Å². The highest BCUT2D eigenvalue weighted by Crippen LogP contribution is 2.26. The lowest BCUT2D eigenvalue weighted by molar-refractivity contribution is -0.133. The maximum Gasteiger partial charge on any atom is 0.237 e. The predicted octanol–water partition coefficient (Wildman–Crippen LogP) is 0.978. The molecule has 4 heterocycles. The summed E-state index contributed by atoms with van der Waals surface area (Å²) in [6.45, 7) is 3.67. The third-order valence-electron chi connectivity index (χ3n) is 6.36. The molecule has 0 saturated carbocycles. The van der Waals surface area contributed by atoms with Crippen LogP contribution in [0.15, 0.2) is 22.8 Å². The van der Waals surface area contributed by atoms with E-state index in [0.717, 1.165) is 44.7 Å². The fourth-order valence-electron chi connectivity index (χ4n) is 4.76. The molecule has 1 aromatic rings. The van der Waals surface area contributed by atoms with Gasteiger partial charge in [-0.15, -0.1) is 0 Å². The number of likely N-dealkylation sites (tertiary alicyclic amines) is 1. The van der Waals surface area contributed by atoms with Crippen LogP contribution in [0.5, 0.6) is 0 Å². The Morgan fingerprint density at radius 3 is 2.90 bits per heavy atom. The SMILES string of the molecule is O=C1NC[C@@H](CCC(=O)N2CCCCC2)N2C[C@@H](NC(=S)NCc3ccco3)C[C@@H]12. The number of rotatable bonds is 6. The van der Waals surface area contributed by atoms with Crippen molar-refractivity contribution in [3.63, 3.8) is 0 Å². The van der Waals surface area contributed by atoms with Gasteiger partial charge < -0.3 is 25.3 Å². The monoisotopic (exact) mass is 433 g/mol. The molecule has 3 aliphatic rings. The molecule has 3 atom stereocenters. The van der Waals surface area contributed by atoms with Gasteiger partial charge in [0.15, 0.2) is 5.11 Å². The van der Waals surface area contributed by atoms with E-state index in [1.807, 2.05) is 17.0 Å². The van der Waals surface area contributed by atoms with Crippen molar-refractivity contribution in [2.75, 3.05) is 26.2 Å². The van der Waals surface area contributed by atoms with Gasteiger partial charge in [-0.25, -0.2) is 0 Å². The average Bonchev–Trinajstić information content (AvgIpc) is 3.42. The molecule has 2 amide bonds. The lowest BCUT2D eigenvalue weighted by Gasteiger charge is -2.37. The maximum atomic E-state index is 12.6. The first-order valence-electron chi connectivity index (χ1n) is 11.0. The molecular formula is C21H31N5O3S. The van der Waals surface area contributed by atoms with Crippen LogP contribution in [-0.2, 0) is 16.1 Å². The van der Waals surface area contributed by atoms with Gasteiger partial charge >= 0.3 is 0 Å². The molecule has 0 aliphatic carbocycles. The molecule has 0 bridgehead atoms. The third kappa shape index (κ3) is 5.13. The van der Waals surface area contributed by atoms with E-state index in [9.17, 15) is 9.59 Å². The summed E-state index contributed by atoms with van der Waals surface area (Å²) in [5, 5.41) is 10.1. The van der Waals surface area contributed by atoms with Crippen LogP contribution < -0.4 is 16.0 Å². The van der Waals surface area contributed by atoms with Crippen molar-refractivity contribution in [2.24, 2.45) is 0 Å². The summed E-state index contributed by atoms with van der Waals surface area (Å²) in [6, 6.07) is 3.89. The molecule has 164 valence electrons. The minimum atomic E-state index is -0.154. The summed E-state index contributed by atoms with van der Waals surface area (Å²) < 4.78 is 5.31. The number of piperidine rings is 1. The van der Waals surface area contributed by atoms with Gasteiger partial charge in [0.05, 0.1) is 18.8 Å². The molecule has 0 unspecified atom stereocenters. The Kier molecular flexibility index (Phi) is 6.89. The minimum Gasteiger partial charge on any atom is -0.467 e. The van der Waals surface area contributed by atoms with Gasteiger partial charge in [-0.2, -0.15) is 0 Å². The average molecular weight is 434 g/mol. The first kappa shape index (κ1) is 21.1. The van der Waals surface area contributed by atoms with E-state index < -0.39 is 0 Å². The van der Waals surface area contributed by atoms with E-state index >= 15 is 0 Å². The van der Waals surface area contributed by atoms with Crippen molar-refractivity contribution in [1.82, 2.24) is 25.8 Å². The molecule has 3 aliphatic heterocycles. The minimum absolute atomic E-state index is 0.0763. The summed E-state index contributed by atoms with van der Waals surface area (Å²) in [6.07, 6.45) is 7.12. The summed E-state index contributed by atoms with van der Waals surface area (Å²) in [5.74, 6) is 1.15. The van der Waals surface area contributed by atoms with Crippen molar-refractivity contribution < 1.29 is 14.0 Å². The normalized spacial score (nSPS) is 26.7. The second kappa shape index (κ2) is 9.78. The Hall–Kier alpha value is -2.13. The van der Waals surface area contributed by atoms with Crippen LogP contribution in [-0.4, -0.2) is 71.0 Å². The number of hydrogen-bond donors (Lipinski definition) is 3. The zero-order valence-corrected chi connectivity index (χ0v) is 18.1. The van der Waals surface area contributed by atoms with Gasteiger partial charge in [-0.3, -0.25) is 14.5 Å². The number of fused-ring (bicyclic) bond motifs is 1. The van der Waals surface area contributed by atoms with E-state index in [0.29, 0.717) is 31.0 Å². The van der Waals surface area contributed by atoms with Crippen molar-refractivity contribution in [2.45, 2.75) is 63.2 Å². The number of carbonyl (C=O) groups is 2. The largest absolute Gasteiger partial charge is 0.467 e. The quantitative estimate of drug-likeness (QED) is 0.576. The van der Waals surface area contributed by atoms with Gasteiger partial charge in [0.25, 0.3) is 0 Å². The lowest BCUT2D eigenvalue weighted by atomic mass is 10.0. The summed E-state index contributed by atoms with van der Waals surface area (Å²) in [7, 11) is 0. The van der Waals surface area contributed by atoms with Crippen LogP contribution in [0, 0.1) is 0 Å². The molecule has 1 aromatic heterocycles. The predicted molar refractivity (Wildman–Crippen MR) is 117 cm³/mol. The lowest BCUT2D eigenvalue weighted by Crippen LogP contribution is -2.58. The zero-order chi connectivity index (χ0) is 20.9. The molecule has 0 radical (unpaired) electrons. The van der Waals surface area contributed by atoms with Crippen molar-refractivity contribution in [1.29, 1.82) is 0 Å². The van der Waals surface area contributed by atoms with Gasteiger partial charge in [0.1, 0.15) is 5.76 Å². The van der Waals surface area contributed by atoms with E-state index in [2.05, 4.69) is 20.9 Å². The third-order valence-corrected chi connectivity index (χ3v) is 6.62. The molecule has 9 heteroatoms. The fourth-order valence-corrected chi connectivity index (χ4v) is 5.00. The van der Waals surface area contributed by atoms with Crippen LogP contribution in [0.3, 0.4) is 0 Å². The second-order valence-corrected chi connectivity index (χ2v) is 8.84. The van der Waals surface area contributed by atoms with Crippen LogP contribution in [0.1, 0.15) is 44.3 Å². The Balaban J connectivity index is 1.26. The smallest absolute Gasteiger partial charge is 0.237 e. The second-order valence-electron chi connectivity index (χ2n) is 8.43. The zero-order valence-electron chi connectivity index (χ0n) is 17.3. The number of nitrogens with one attached hydrogen (secondary N) is 3. The molecule has 3 N–H and O–H groups in total. The molecule has 8 nitrogen and oxygen atoms in total. The number of thiocarbonyl (C=S) groups is 1. The van der Waals surface area contributed by atoms with E-state index in [1.165, 1.54) is 6.42 Å². The maximum absolute atomic E-state index is 12.6. The Labute approximate surface area is 182 Å². The number of carbonyl (C=O) groups excluding carboxylic acids is 2. The van der Waals surface area contributed by atoms with Gasteiger partial charge in [0.2, 0.25) is 11.8 Å². The van der Waals surface area contributed by atoms with Crippen LogP contribution in [0.4, 0.5) is 0 Å². The van der Waals surface area contributed by atoms with Crippen LogP contribution in [0.25, 0.3) is 0 Å². The number of amides is 2. The Morgan fingerprint density at radius 1 is 1.30 bits per heavy atom. The van der Waals surface area contributed by atoms with Crippen LogP contribution >= 0.6 is 12.2 Å². The topological polar surface area (TPSA) is 89.9 Å². The summed E-state index contributed by atoms with van der Waals surface area (Å²) in [4.78, 5) is 29.2. The Bertz CT molecular complexity index is 750. The molecule has 3 fully saturated rings. The molecule has 30 heavy (non-hydrogen) atoms. The Morgan fingerprint density at radius 2 is 2.13 bits per heavy atom. The number of hydrogen-bond acceptors (Lipinski definition) is 5.